The molecule has 0 aliphatic carbocycles. The van der Waals surface area contributed by atoms with Crippen LogP contribution in [0.2, 0.25) is 20.1 Å². The van der Waals surface area contributed by atoms with Crippen LogP contribution in [0.4, 0.5) is 5.69 Å². The molecule has 0 unspecified atom stereocenters. The minimum atomic E-state index is 0.403. The Labute approximate surface area is 172 Å². The topological polar surface area (TPSA) is 21.3 Å². The SMILES string of the molecule is Clc1ccc(COc2ccccc2CNc2ccc(Cl)c(Cl)c2)cc1Cl. The predicted molar refractivity (Wildman–Crippen MR) is 111 cm³/mol. The lowest BCUT2D eigenvalue weighted by atomic mass is 10.2. The van der Waals surface area contributed by atoms with Crippen LogP contribution in [0.15, 0.2) is 60.7 Å². The first kappa shape index (κ1) is 19.2. The third-order valence-corrected chi connectivity index (χ3v) is 5.23. The van der Waals surface area contributed by atoms with Crippen molar-refractivity contribution < 1.29 is 4.74 Å². The number of halogens is 4. The molecule has 1 N–H and O–H groups in total. The number of para-hydroxylation sites is 1. The third-order valence-electron chi connectivity index (χ3n) is 3.75. The number of hydrogen-bond donors (Lipinski definition) is 1. The van der Waals surface area contributed by atoms with E-state index in [9.17, 15) is 0 Å². The minimum absolute atomic E-state index is 0.403. The van der Waals surface area contributed by atoms with Gasteiger partial charge in [-0.1, -0.05) is 70.7 Å². The molecule has 0 heterocycles. The summed E-state index contributed by atoms with van der Waals surface area (Å²) in [5.41, 5.74) is 2.86. The van der Waals surface area contributed by atoms with E-state index in [4.69, 9.17) is 51.1 Å². The molecule has 26 heavy (non-hydrogen) atoms. The van der Waals surface area contributed by atoms with E-state index < -0.39 is 0 Å². The summed E-state index contributed by atoms with van der Waals surface area (Å²) >= 11 is 24.0. The first-order chi connectivity index (χ1) is 12.5. The molecular formula is C20H15Cl4NO. The minimum Gasteiger partial charge on any atom is -0.489 e. The van der Waals surface area contributed by atoms with Crippen molar-refractivity contribution in [1.29, 1.82) is 0 Å². The van der Waals surface area contributed by atoms with Crippen LogP contribution in [0.3, 0.4) is 0 Å². The van der Waals surface area contributed by atoms with Gasteiger partial charge in [-0.25, -0.2) is 0 Å². The second-order valence-electron chi connectivity index (χ2n) is 5.63. The maximum Gasteiger partial charge on any atom is 0.124 e. The Kier molecular flexibility index (Phi) is 6.55. The number of hydrogen-bond acceptors (Lipinski definition) is 2. The summed E-state index contributed by atoms with van der Waals surface area (Å²) in [7, 11) is 0. The predicted octanol–water partition coefficient (Wildman–Crippen LogP) is 7.49. The van der Waals surface area contributed by atoms with Crippen LogP contribution in [0.1, 0.15) is 11.1 Å². The van der Waals surface area contributed by atoms with Crippen molar-refractivity contribution in [3.05, 3.63) is 91.9 Å². The van der Waals surface area contributed by atoms with Gasteiger partial charge in [-0.15, -0.1) is 0 Å². The molecule has 0 aromatic heterocycles. The fourth-order valence-electron chi connectivity index (χ4n) is 2.38. The summed E-state index contributed by atoms with van der Waals surface area (Å²) in [6.45, 7) is 0.996. The molecule has 2 nitrogen and oxygen atoms in total. The molecule has 0 fully saturated rings. The highest BCUT2D eigenvalue weighted by molar-refractivity contribution is 6.42. The summed E-state index contributed by atoms with van der Waals surface area (Å²) in [4.78, 5) is 0. The van der Waals surface area contributed by atoms with E-state index >= 15 is 0 Å². The van der Waals surface area contributed by atoms with Crippen molar-refractivity contribution in [2.24, 2.45) is 0 Å². The molecule has 0 aliphatic heterocycles. The maximum absolute atomic E-state index is 6.05. The van der Waals surface area contributed by atoms with E-state index in [1.165, 1.54) is 0 Å². The highest BCUT2D eigenvalue weighted by Crippen LogP contribution is 2.27. The molecule has 0 amide bonds. The molecule has 0 saturated carbocycles. The van der Waals surface area contributed by atoms with Gasteiger partial charge in [0.05, 0.1) is 20.1 Å². The quantitative estimate of drug-likeness (QED) is 0.440. The molecule has 0 spiro atoms. The lowest BCUT2D eigenvalue weighted by molar-refractivity contribution is 0.303. The molecule has 6 heteroatoms. The van der Waals surface area contributed by atoms with Crippen molar-refractivity contribution in [3.63, 3.8) is 0 Å². The number of ether oxygens (including phenoxy) is 1. The second-order valence-corrected chi connectivity index (χ2v) is 7.26. The number of benzene rings is 3. The fraction of sp³-hybridized carbons (Fsp3) is 0.100. The average Bonchev–Trinajstić information content (AvgIpc) is 2.64. The van der Waals surface area contributed by atoms with E-state index in [-0.39, 0.29) is 0 Å². The number of nitrogens with one attached hydrogen (secondary N) is 1. The van der Waals surface area contributed by atoms with E-state index in [2.05, 4.69) is 5.32 Å². The monoisotopic (exact) mass is 425 g/mol. The van der Waals surface area contributed by atoms with Crippen molar-refractivity contribution in [3.8, 4) is 5.75 Å². The first-order valence-corrected chi connectivity index (χ1v) is 9.37. The first-order valence-electron chi connectivity index (χ1n) is 7.86. The number of rotatable bonds is 6. The molecule has 0 atom stereocenters. The zero-order valence-electron chi connectivity index (χ0n) is 13.6. The Morgan fingerprint density at radius 3 is 2.15 bits per heavy atom. The Balaban J connectivity index is 1.67. The zero-order chi connectivity index (χ0) is 18.5. The van der Waals surface area contributed by atoms with Gasteiger partial charge in [0.2, 0.25) is 0 Å². The molecule has 0 saturated heterocycles. The van der Waals surface area contributed by atoms with Crippen LogP contribution in [0.25, 0.3) is 0 Å². The van der Waals surface area contributed by atoms with Crippen molar-refractivity contribution >= 4 is 52.1 Å². The van der Waals surface area contributed by atoms with Gasteiger partial charge in [0.15, 0.2) is 0 Å². The lowest BCUT2D eigenvalue weighted by Crippen LogP contribution is -2.03. The molecule has 0 radical (unpaired) electrons. The van der Waals surface area contributed by atoms with E-state index in [0.29, 0.717) is 33.2 Å². The van der Waals surface area contributed by atoms with Gasteiger partial charge < -0.3 is 10.1 Å². The van der Waals surface area contributed by atoms with Crippen LogP contribution in [-0.2, 0) is 13.2 Å². The summed E-state index contributed by atoms with van der Waals surface area (Å²) in [5, 5.41) is 5.41. The molecular weight excluding hydrogens is 412 g/mol. The molecule has 134 valence electrons. The maximum atomic E-state index is 6.05. The molecule has 0 bridgehead atoms. The van der Waals surface area contributed by atoms with Gasteiger partial charge in [0.25, 0.3) is 0 Å². The Morgan fingerprint density at radius 2 is 1.42 bits per heavy atom. The Bertz CT molecular complexity index is 840. The van der Waals surface area contributed by atoms with Gasteiger partial charge in [0, 0.05) is 17.8 Å². The van der Waals surface area contributed by atoms with E-state index in [1.807, 2.05) is 36.4 Å². The normalized spacial score (nSPS) is 10.6. The number of anilines is 1. The van der Waals surface area contributed by atoms with Gasteiger partial charge in [-0.05, 0) is 42.0 Å². The fourth-order valence-corrected chi connectivity index (χ4v) is 3.00. The smallest absolute Gasteiger partial charge is 0.124 e. The van der Waals surface area contributed by atoms with Crippen molar-refractivity contribution in [1.82, 2.24) is 0 Å². The summed E-state index contributed by atoms with van der Waals surface area (Å²) in [6, 6.07) is 18.8. The van der Waals surface area contributed by atoms with Crippen LogP contribution < -0.4 is 10.1 Å². The van der Waals surface area contributed by atoms with Crippen molar-refractivity contribution in [2.75, 3.05) is 5.32 Å². The lowest BCUT2D eigenvalue weighted by Gasteiger charge is -2.13. The van der Waals surface area contributed by atoms with E-state index in [0.717, 1.165) is 22.6 Å². The van der Waals surface area contributed by atoms with Crippen LogP contribution >= 0.6 is 46.4 Å². The van der Waals surface area contributed by atoms with E-state index in [1.54, 1.807) is 24.3 Å². The highest BCUT2D eigenvalue weighted by atomic mass is 35.5. The summed E-state index contributed by atoms with van der Waals surface area (Å²) < 4.78 is 5.96. The second kappa shape index (κ2) is 8.88. The van der Waals surface area contributed by atoms with Crippen LogP contribution in [0, 0.1) is 0 Å². The van der Waals surface area contributed by atoms with Crippen LogP contribution in [0.5, 0.6) is 5.75 Å². The Hall–Kier alpha value is -1.58. The molecule has 3 rings (SSSR count). The Morgan fingerprint density at radius 1 is 0.731 bits per heavy atom. The average molecular weight is 427 g/mol. The van der Waals surface area contributed by atoms with Crippen LogP contribution in [-0.4, -0.2) is 0 Å². The summed E-state index contributed by atoms with van der Waals surface area (Å²) in [5.74, 6) is 0.797. The van der Waals surface area contributed by atoms with Gasteiger partial charge >= 0.3 is 0 Å². The van der Waals surface area contributed by atoms with Gasteiger partial charge in [0.1, 0.15) is 12.4 Å². The third kappa shape index (κ3) is 4.99. The highest BCUT2D eigenvalue weighted by Gasteiger charge is 2.06. The van der Waals surface area contributed by atoms with Gasteiger partial charge in [-0.3, -0.25) is 0 Å². The molecule has 0 aliphatic rings. The largest absolute Gasteiger partial charge is 0.489 e. The summed E-state index contributed by atoms with van der Waals surface area (Å²) in [6.07, 6.45) is 0. The van der Waals surface area contributed by atoms with Crippen molar-refractivity contribution in [2.45, 2.75) is 13.2 Å². The van der Waals surface area contributed by atoms with Gasteiger partial charge in [-0.2, -0.15) is 0 Å². The standard InChI is InChI=1S/C20H15Cl4NO/c21-16-7-5-13(9-18(16)23)12-26-20-4-2-1-3-14(20)11-25-15-6-8-17(22)19(24)10-15/h1-10,25H,11-12H2. The zero-order valence-corrected chi connectivity index (χ0v) is 16.6. The molecule has 3 aromatic rings. The molecule has 3 aromatic carbocycles.